The molecule has 0 unspecified atom stereocenters. The summed E-state index contributed by atoms with van der Waals surface area (Å²) in [6, 6.07) is 14.4. The van der Waals surface area contributed by atoms with Crippen LogP contribution in [0.3, 0.4) is 0 Å². The average Bonchev–Trinajstić information content (AvgIpc) is 3.20. The van der Waals surface area contributed by atoms with Crippen LogP contribution in [0.4, 0.5) is 23.0 Å². The zero-order valence-electron chi connectivity index (χ0n) is 15.6. The summed E-state index contributed by atoms with van der Waals surface area (Å²) in [7, 11) is 3.94. The molecule has 2 N–H and O–H groups in total. The lowest BCUT2D eigenvalue weighted by atomic mass is 10.2. The molecule has 0 bridgehead atoms. The van der Waals surface area contributed by atoms with Gasteiger partial charge in [-0.15, -0.1) is 0 Å². The Morgan fingerprint density at radius 2 is 1.85 bits per heavy atom. The second-order valence-corrected chi connectivity index (χ2v) is 6.74. The van der Waals surface area contributed by atoms with Gasteiger partial charge in [0.05, 0.1) is 18.9 Å². The number of nitrogens with one attached hydrogen (secondary N) is 2. The molecule has 4 rings (SSSR count). The second-order valence-electron chi connectivity index (χ2n) is 6.74. The maximum atomic E-state index is 5.41. The third kappa shape index (κ3) is 4.03. The number of morpholine rings is 1. The van der Waals surface area contributed by atoms with Crippen molar-refractivity contribution in [2.45, 2.75) is 0 Å². The predicted octanol–water partition coefficient (Wildman–Crippen LogP) is 3.12. The van der Waals surface area contributed by atoms with Crippen LogP contribution in [0.5, 0.6) is 0 Å². The summed E-state index contributed by atoms with van der Waals surface area (Å²) in [5.41, 5.74) is 4.24. The average molecular weight is 364 g/mol. The molecular formula is C20H24N6O. The number of hydrogen-bond acceptors (Lipinski definition) is 6. The highest BCUT2D eigenvalue weighted by Crippen LogP contribution is 2.25. The molecule has 0 spiro atoms. The largest absolute Gasteiger partial charge is 0.378 e. The van der Waals surface area contributed by atoms with Gasteiger partial charge in [-0.25, -0.2) is 4.98 Å². The first-order valence-electron chi connectivity index (χ1n) is 9.08. The molecule has 1 aliphatic heterocycles. The Bertz CT molecular complexity index is 883. The normalized spacial score (nSPS) is 14.2. The minimum atomic E-state index is 0.792. The van der Waals surface area contributed by atoms with E-state index in [0.717, 1.165) is 54.9 Å². The zero-order chi connectivity index (χ0) is 18.6. The number of H-pyrrole nitrogens is 1. The third-order valence-corrected chi connectivity index (χ3v) is 4.61. The molecule has 1 fully saturated rings. The number of hydrogen-bond donors (Lipinski definition) is 2. The van der Waals surface area contributed by atoms with Crippen LogP contribution in [0.1, 0.15) is 0 Å². The monoisotopic (exact) mass is 364 g/mol. The van der Waals surface area contributed by atoms with Gasteiger partial charge in [0, 0.05) is 56.4 Å². The molecular weight excluding hydrogens is 340 g/mol. The van der Waals surface area contributed by atoms with E-state index in [4.69, 9.17) is 4.74 Å². The summed E-state index contributed by atoms with van der Waals surface area (Å²) in [6.45, 7) is 3.46. The number of benzene rings is 1. The molecule has 0 amide bonds. The smallest absolute Gasteiger partial charge is 0.150 e. The minimum Gasteiger partial charge on any atom is -0.378 e. The van der Waals surface area contributed by atoms with Crippen molar-refractivity contribution >= 4 is 23.0 Å². The molecule has 3 aromatic rings. The molecule has 7 nitrogen and oxygen atoms in total. The molecule has 27 heavy (non-hydrogen) atoms. The lowest BCUT2D eigenvalue weighted by Gasteiger charge is -2.28. The number of rotatable bonds is 5. The lowest BCUT2D eigenvalue weighted by molar-refractivity contribution is 0.122. The van der Waals surface area contributed by atoms with Crippen LogP contribution in [0, 0.1) is 0 Å². The summed E-state index contributed by atoms with van der Waals surface area (Å²) < 4.78 is 5.41. The summed E-state index contributed by atoms with van der Waals surface area (Å²) in [5.74, 6) is 1.70. The van der Waals surface area contributed by atoms with Gasteiger partial charge < -0.3 is 19.9 Å². The Morgan fingerprint density at radius 1 is 1.07 bits per heavy atom. The maximum Gasteiger partial charge on any atom is 0.150 e. The predicted molar refractivity (Wildman–Crippen MR) is 109 cm³/mol. The number of pyridine rings is 1. The molecule has 3 heterocycles. The van der Waals surface area contributed by atoms with Gasteiger partial charge in [0.25, 0.3) is 0 Å². The number of anilines is 4. The summed E-state index contributed by atoms with van der Waals surface area (Å²) >= 11 is 0. The number of aromatic amines is 1. The molecule has 1 saturated heterocycles. The van der Waals surface area contributed by atoms with Crippen molar-refractivity contribution in [3.05, 3.63) is 48.7 Å². The summed E-state index contributed by atoms with van der Waals surface area (Å²) in [6.07, 6.45) is 1.80. The second kappa shape index (κ2) is 7.67. The van der Waals surface area contributed by atoms with Crippen molar-refractivity contribution in [3.8, 4) is 11.3 Å². The van der Waals surface area contributed by atoms with Crippen LogP contribution in [-0.2, 0) is 4.74 Å². The van der Waals surface area contributed by atoms with Crippen LogP contribution in [0.2, 0.25) is 0 Å². The Kier molecular flexibility index (Phi) is 4.93. The van der Waals surface area contributed by atoms with Crippen LogP contribution >= 0.6 is 0 Å². The minimum absolute atomic E-state index is 0.792. The van der Waals surface area contributed by atoms with Gasteiger partial charge in [-0.3, -0.25) is 5.10 Å². The fourth-order valence-corrected chi connectivity index (χ4v) is 3.08. The van der Waals surface area contributed by atoms with Crippen LogP contribution in [0.25, 0.3) is 11.3 Å². The van der Waals surface area contributed by atoms with Crippen LogP contribution in [0.15, 0.2) is 48.7 Å². The highest BCUT2D eigenvalue weighted by atomic mass is 16.5. The molecule has 140 valence electrons. The van der Waals surface area contributed by atoms with E-state index in [0.29, 0.717) is 0 Å². The first-order chi connectivity index (χ1) is 13.2. The quantitative estimate of drug-likeness (QED) is 0.725. The van der Waals surface area contributed by atoms with Crippen LogP contribution < -0.4 is 15.1 Å². The fraction of sp³-hybridized carbons (Fsp3) is 0.300. The van der Waals surface area contributed by atoms with E-state index in [1.165, 1.54) is 5.69 Å². The highest BCUT2D eigenvalue weighted by molar-refractivity contribution is 5.68. The number of aromatic nitrogens is 3. The zero-order valence-corrected chi connectivity index (χ0v) is 15.6. The Morgan fingerprint density at radius 3 is 2.56 bits per heavy atom. The summed E-state index contributed by atoms with van der Waals surface area (Å²) in [5, 5.41) is 10.8. The lowest BCUT2D eigenvalue weighted by Crippen LogP contribution is -2.36. The SMILES string of the molecule is CN(C)c1cc(-c2ccnc(Nc3ccc(N4CCOCC4)cc3)c2)[nH]n1. The molecule has 7 heteroatoms. The number of ether oxygens (including phenoxy) is 1. The van der Waals surface area contributed by atoms with Gasteiger partial charge in [-0.1, -0.05) is 0 Å². The van der Waals surface area contributed by atoms with Crippen molar-refractivity contribution in [1.82, 2.24) is 15.2 Å². The third-order valence-electron chi connectivity index (χ3n) is 4.61. The molecule has 0 atom stereocenters. The van der Waals surface area contributed by atoms with Gasteiger partial charge in [-0.05, 0) is 36.4 Å². The van der Waals surface area contributed by atoms with E-state index in [9.17, 15) is 0 Å². The van der Waals surface area contributed by atoms with Crippen molar-refractivity contribution in [1.29, 1.82) is 0 Å². The standard InChI is InChI=1S/C20H24N6O/c1-25(2)20-14-18(23-24-20)15-7-8-21-19(13-15)22-16-3-5-17(6-4-16)26-9-11-27-12-10-26/h3-8,13-14H,9-12H2,1-2H3,(H,21,22)(H,23,24). The molecule has 1 aliphatic rings. The first kappa shape index (κ1) is 17.4. The van der Waals surface area contributed by atoms with E-state index in [2.05, 4.69) is 49.7 Å². The first-order valence-corrected chi connectivity index (χ1v) is 9.08. The Balaban J connectivity index is 1.47. The number of nitrogens with zero attached hydrogens (tertiary/aromatic N) is 4. The van der Waals surface area contributed by atoms with Gasteiger partial charge in [0.1, 0.15) is 11.6 Å². The fourth-order valence-electron chi connectivity index (χ4n) is 3.08. The van der Waals surface area contributed by atoms with E-state index in [1.807, 2.05) is 37.2 Å². The molecule has 0 aliphatic carbocycles. The molecule has 1 aromatic carbocycles. The maximum absolute atomic E-state index is 5.41. The van der Waals surface area contributed by atoms with Crippen molar-refractivity contribution in [3.63, 3.8) is 0 Å². The van der Waals surface area contributed by atoms with E-state index in [-0.39, 0.29) is 0 Å². The van der Waals surface area contributed by atoms with Gasteiger partial charge in [-0.2, -0.15) is 5.10 Å². The van der Waals surface area contributed by atoms with E-state index in [1.54, 1.807) is 6.20 Å². The van der Waals surface area contributed by atoms with E-state index < -0.39 is 0 Å². The molecule has 0 saturated carbocycles. The Labute approximate surface area is 159 Å². The molecule has 2 aromatic heterocycles. The topological polar surface area (TPSA) is 69.3 Å². The van der Waals surface area contributed by atoms with Crippen molar-refractivity contribution in [2.24, 2.45) is 0 Å². The van der Waals surface area contributed by atoms with Crippen LogP contribution in [-0.4, -0.2) is 55.6 Å². The van der Waals surface area contributed by atoms with Gasteiger partial charge >= 0.3 is 0 Å². The summed E-state index contributed by atoms with van der Waals surface area (Å²) in [4.78, 5) is 8.74. The van der Waals surface area contributed by atoms with Crippen molar-refractivity contribution < 1.29 is 4.74 Å². The van der Waals surface area contributed by atoms with Gasteiger partial charge in [0.15, 0.2) is 0 Å². The molecule has 0 radical (unpaired) electrons. The van der Waals surface area contributed by atoms with Gasteiger partial charge in [0.2, 0.25) is 0 Å². The Hall–Kier alpha value is -3.06. The van der Waals surface area contributed by atoms with E-state index >= 15 is 0 Å². The van der Waals surface area contributed by atoms with Crippen molar-refractivity contribution in [2.75, 3.05) is 55.5 Å². The highest BCUT2D eigenvalue weighted by Gasteiger charge is 2.11.